The van der Waals surface area contributed by atoms with Crippen LogP contribution in [0.2, 0.25) is 0 Å². The van der Waals surface area contributed by atoms with Crippen LogP contribution in [-0.2, 0) is 12.8 Å². The summed E-state index contributed by atoms with van der Waals surface area (Å²) in [5.41, 5.74) is 15.4. The highest BCUT2D eigenvalue weighted by molar-refractivity contribution is 5.41. The van der Waals surface area contributed by atoms with Crippen LogP contribution in [0, 0.1) is 5.82 Å². The predicted octanol–water partition coefficient (Wildman–Crippen LogP) is 2.76. The Labute approximate surface area is 136 Å². The summed E-state index contributed by atoms with van der Waals surface area (Å²) < 4.78 is 19.1. The fourth-order valence-corrected chi connectivity index (χ4v) is 3.35. The highest BCUT2D eigenvalue weighted by Gasteiger charge is 2.27. The van der Waals surface area contributed by atoms with Crippen molar-refractivity contribution in [2.75, 3.05) is 13.2 Å². The maximum atomic E-state index is 13.5. The van der Waals surface area contributed by atoms with E-state index in [2.05, 4.69) is 12.1 Å². The maximum Gasteiger partial charge on any atom is 0.123 e. The molecule has 3 nitrogen and oxygen atoms in total. The highest BCUT2D eigenvalue weighted by Crippen LogP contribution is 2.35. The fourth-order valence-electron chi connectivity index (χ4n) is 3.35. The molecule has 2 aromatic carbocycles. The van der Waals surface area contributed by atoms with E-state index >= 15 is 0 Å². The number of hydrogen-bond acceptors (Lipinski definition) is 3. The summed E-state index contributed by atoms with van der Waals surface area (Å²) in [6.07, 6.45) is 2.68. The number of nitrogens with two attached hydrogens (primary N) is 2. The van der Waals surface area contributed by atoms with Gasteiger partial charge in [0.25, 0.3) is 0 Å². The van der Waals surface area contributed by atoms with Crippen LogP contribution in [-0.4, -0.2) is 19.2 Å². The molecule has 0 fully saturated rings. The summed E-state index contributed by atoms with van der Waals surface area (Å²) in [5, 5.41) is 0. The number of ether oxygens (including phenoxy) is 1. The summed E-state index contributed by atoms with van der Waals surface area (Å²) >= 11 is 0. The normalized spacial score (nSPS) is 20.1. The molecule has 0 saturated heterocycles. The third kappa shape index (κ3) is 3.71. The monoisotopic (exact) mass is 314 g/mol. The number of rotatable bonds is 5. The molecule has 0 saturated carbocycles. The molecule has 0 heterocycles. The van der Waals surface area contributed by atoms with Crippen LogP contribution in [0.1, 0.15) is 29.0 Å². The average Bonchev–Trinajstić information content (AvgIpc) is 2.55. The Bertz CT molecular complexity index is 674. The molecule has 0 bridgehead atoms. The topological polar surface area (TPSA) is 61.3 Å². The molecule has 0 aromatic heterocycles. The Morgan fingerprint density at radius 2 is 2.04 bits per heavy atom. The van der Waals surface area contributed by atoms with Gasteiger partial charge in [-0.05, 0) is 60.2 Å². The Balaban J connectivity index is 1.88. The van der Waals surface area contributed by atoms with Crippen LogP contribution in [0.15, 0.2) is 42.5 Å². The smallest absolute Gasteiger partial charge is 0.123 e. The van der Waals surface area contributed by atoms with Gasteiger partial charge in [0, 0.05) is 18.5 Å². The van der Waals surface area contributed by atoms with Gasteiger partial charge in [-0.2, -0.15) is 0 Å². The molecule has 1 aliphatic rings. The number of benzene rings is 2. The van der Waals surface area contributed by atoms with E-state index in [1.54, 1.807) is 12.1 Å². The predicted molar refractivity (Wildman–Crippen MR) is 90.1 cm³/mol. The lowest BCUT2D eigenvalue weighted by atomic mass is 9.76. The number of aryl methyl sites for hydroxylation is 1. The lowest BCUT2D eigenvalue weighted by molar-refractivity contribution is 0.327. The van der Waals surface area contributed by atoms with Crippen molar-refractivity contribution in [3.8, 4) is 5.75 Å². The zero-order valence-corrected chi connectivity index (χ0v) is 13.2. The SMILES string of the molecule is NCCOc1ccc2c(c1)C(Cc1cccc(F)c1)C(N)CC2. The molecular formula is C19H23FN2O. The fraction of sp³-hybridized carbons (Fsp3) is 0.368. The molecule has 0 spiro atoms. The van der Waals surface area contributed by atoms with Gasteiger partial charge in [0.15, 0.2) is 0 Å². The van der Waals surface area contributed by atoms with Gasteiger partial charge in [-0.25, -0.2) is 4.39 Å². The second kappa shape index (κ2) is 7.11. The third-order valence-electron chi connectivity index (χ3n) is 4.51. The lowest BCUT2D eigenvalue weighted by Gasteiger charge is -2.32. The van der Waals surface area contributed by atoms with Gasteiger partial charge >= 0.3 is 0 Å². The molecule has 2 aromatic rings. The molecule has 0 aliphatic heterocycles. The average molecular weight is 314 g/mol. The molecule has 3 rings (SSSR count). The van der Waals surface area contributed by atoms with E-state index in [0.29, 0.717) is 13.2 Å². The number of hydrogen-bond donors (Lipinski definition) is 2. The minimum Gasteiger partial charge on any atom is -0.492 e. The summed E-state index contributed by atoms with van der Waals surface area (Å²) in [6, 6.07) is 13.0. The van der Waals surface area contributed by atoms with Crippen molar-refractivity contribution in [1.82, 2.24) is 0 Å². The first-order valence-corrected chi connectivity index (χ1v) is 8.13. The largest absolute Gasteiger partial charge is 0.492 e. The molecule has 4 heteroatoms. The first kappa shape index (κ1) is 16.0. The zero-order chi connectivity index (χ0) is 16.2. The van der Waals surface area contributed by atoms with E-state index in [1.165, 1.54) is 17.2 Å². The van der Waals surface area contributed by atoms with Gasteiger partial charge in [-0.15, -0.1) is 0 Å². The molecule has 23 heavy (non-hydrogen) atoms. The zero-order valence-electron chi connectivity index (χ0n) is 13.2. The minimum absolute atomic E-state index is 0.0792. The van der Waals surface area contributed by atoms with E-state index in [0.717, 1.165) is 30.6 Å². The molecule has 122 valence electrons. The van der Waals surface area contributed by atoms with Crippen LogP contribution in [0.4, 0.5) is 4.39 Å². The summed E-state index contributed by atoms with van der Waals surface area (Å²) in [5.74, 6) is 0.807. The third-order valence-corrected chi connectivity index (χ3v) is 4.51. The second-order valence-electron chi connectivity index (χ2n) is 6.14. The van der Waals surface area contributed by atoms with Crippen molar-refractivity contribution in [1.29, 1.82) is 0 Å². The van der Waals surface area contributed by atoms with E-state index in [-0.39, 0.29) is 17.8 Å². The molecular weight excluding hydrogens is 291 g/mol. The first-order valence-electron chi connectivity index (χ1n) is 8.13. The van der Waals surface area contributed by atoms with Crippen LogP contribution in [0.3, 0.4) is 0 Å². The standard InChI is InChI=1S/C19H23FN2O/c20-15-3-1-2-13(10-15)11-18-17-12-16(23-9-8-21)6-4-14(17)5-7-19(18)22/h1-4,6,10,12,18-19H,5,7-9,11,21-22H2. The van der Waals surface area contributed by atoms with Gasteiger partial charge in [0.2, 0.25) is 0 Å². The minimum atomic E-state index is -0.202. The Morgan fingerprint density at radius 3 is 2.83 bits per heavy atom. The van der Waals surface area contributed by atoms with Crippen LogP contribution < -0.4 is 16.2 Å². The second-order valence-corrected chi connectivity index (χ2v) is 6.14. The van der Waals surface area contributed by atoms with Gasteiger partial charge < -0.3 is 16.2 Å². The Morgan fingerprint density at radius 1 is 1.17 bits per heavy atom. The van der Waals surface area contributed by atoms with Gasteiger partial charge in [0.05, 0.1) is 0 Å². The van der Waals surface area contributed by atoms with Crippen LogP contribution in [0.5, 0.6) is 5.75 Å². The Kier molecular flexibility index (Phi) is 4.94. The van der Waals surface area contributed by atoms with Crippen molar-refractivity contribution >= 4 is 0 Å². The maximum absolute atomic E-state index is 13.5. The van der Waals surface area contributed by atoms with Gasteiger partial charge in [-0.3, -0.25) is 0 Å². The van der Waals surface area contributed by atoms with E-state index in [1.807, 2.05) is 12.1 Å². The van der Waals surface area contributed by atoms with Gasteiger partial charge in [-0.1, -0.05) is 18.2 Å². The summed E-state index contributed by atoms with van der Waals surface area (Å²) in [6.45, 7) is 0.989. The van der Waals surface area contributed by atoms with Crippen molar-refractivity contribution in [2.45, 2.75) is 31.2 Å². The van der Waals surface area contributed by atoms with Crippen molar-refractivity contribution < 1.29 is 9.13 Å². The Hall–Kier alpha value is -1.91. The quantitative estimate of drug-likeness (QED) is 0.892. The first-order chi connectivity index (χ1) is 11.2. The van der Waals surface area contributed by atoms with E-state index < -0.39 is 0 Å². The summed E-state index contributed by atoms with van der Waals surface area (Å²) in [7, 11) is 0. The van der Waals surface area contributed by atoms with Gasteiger partial charge in [0.1, 0.15) is 18.2 Å². The summed E-state index contributed by atoms with van der Waals surface area (Å²) in [4.78, 5) is 0. The van der Waals surface area contributed by atoms with Crippen LogP contribution >= 0.6 is 0 Å². The molecule has 4 N–H and O–H groups in total. The highest BCUT2D eigenvalue weighted by atomic mass is 19.1. The van der Waals surface area contributed by atoms with E-state index in [4.69, 9.17) is 16.2 Å². The molecule has 2 unspecified atom stereocenters. The molecule has 2 atom stereocenters. The lowest BCUT2D eigenvalue weighted by Crippen LogP contribution is -2.34. The molecule has 0 radical (unpaired) electrons. The number of halogens is 1. The van der Waals surface area contributed by atoms with Crippen molar-refractivity contribution in [3.63, 3.8) is 0 Å². The molecule has 0 amide bonds. The number of fused-ring (bicyclic) bond motifs is 1. The van der Waals surface area contributed by atoms with Crippen molar-refractivity contribution in [3.05, 3.63) is 65.0 Å². The van der Waals surface area contributed by atoms with Crippen molar-refractivity contribution in [2.24, 2.45) is 11.5 Å². The van der Waals surface area contributed by atoms with Crippen LogP contribution in [0.25, 0.3) is 0 Å². The van der Waals surface area contributed by atoms with E-state index in [9.17, 15) is 4.39 Å². The molecule has 1 aliphatic carbocycles.